The minimum absolute atomic E-state index is 0. The molecule has 0 aliphatic carbocycles. The van der Waals surface area contributed by atoms with E-state index in [9.17, 15) is 0 Å². The summed E-state index contributed by atoms with van der Waals surface area (Å²) >= 11 is 0. The number of benzene rings is 2. The Kier molecular flexibility index (Phi) is 8.47. The van der Waals surface area contributed by atoms with Gasteiger partial charge in [0.1, 0.15) is 5.75 Å². The predicted molar refractivity (Wildman–Crippen MR) is 62.9 cm³/mol. The summed E-state index contributed by atoms with van der Waals surface area (Å²) in [6.07, 6.45) is 0. The molecule has 0 amide bonds. The van der Waals surface area contributed by atoms with E-state index in [2.05, 4.69) is 6.07 Å². The van der Waals surface area contributed by atoms with Crippen molar-refractivity contribution in [1.29, 1.82) is 0 Å². The van der Waals surface area contributed by atoms with E-state index >= 15 is 0 Å². The fourth-order valence-corrected chi connectivity index (χ4v) is 1.06. The van der Waals surface area contributed by atoms with Crippen LogP contribution in [0.4, 0.5) is 0 Å². The van der Waals surface area contributed by atoms with Crippen LogP contribution < -0.4 is 0 Å². The SMILES string of the molecule is Cc1ccc(C)c(O)c1.[Sm].[c-]1ccccc1. The molecule has 2 heteroatoms. The first-order valence-corrected chi connectivity index (χ1v) is 4.87. The van der Waals surface area contributed by atoms with Gasteiger partial charge in [-0.3, -0.25) is 0 Å². The summed E-state index contributed by atoms with van der Waals surface area (Å²) in [5, 5.41) is 9.10. The van der Waals surface area contributed by atoms with Crippen molar-refractivity contribution in [2.75, 3.05) is 0 Å². The molecule has 0 radical (unpaired) electrons. The van der Waals surface area contributed by atoms with Crippen LogP contribution in [-0.4, -0.2) is 5.11 Å². The molecule has 2 aromatic carbocycles. The smallest absolute Gasteiger partial charge is 0.118 e. The zero-order valence-corrected chi connectivity index (χ0v) is 12.1. The number of hydrogen-bond acceptors (Lipinski definition) is 1. The van der Waals surface area contributed by atoms with Crippen LogP contribution >= 0.6 is 0 Å². The zero-order valence-electron chi connectivity index (χ0n) is 9.47. The average Bonchev–Trinajstić information content (AvgIpc) is 2.27. The molecule has 84 valence electrons. The predicted octanol–water partition coefficient (Wildman–Crippen LogP) is 3.50. The Balaban J connectivity index is 0.000000283. The van der Waals surface area contributed by atoms with Gasteiger partial charge in [0.05, 0.1) is 0 Å². The van der Waals surface area contributed by atoms with Crippen LogP contribution in [0.1, 0.15) is 11.1 Å². The normalized spacial score (nSPS) is 8.38. The van der Waals surface area contributed by atoms with E-state index in [0.717, 1.165) is 11.1 Å². The Morgan fingerprint density at radius 2 is 1.62 bits per heavy atom. The summed E-state index contributed by atoms with van der Waals surface area (Å²) in [7, 11) is 0. The zero-order chi connectivity index (χ0) is 11.1. The summed E-state index contributed by atoms with van der Waals surface area (Å²) in [6.45, 7) is 3.84. The van der Waals surface area contributed by atoms with Crippen molar-refractivity contribution < 1.29 is 45.5 Å². The van der Waals surface area contributed by atoms with Crippen LogP contribution in [0.5, 0.6) is 5.75 Å². The molecule has 0 aromatic heterocycles. The molecule has 0 fully saturated rings. The second-order valence-corrected chi connectivity index (χ2v) is 3.37. The fraction of sp³-hybridized carbons (Fsp3) is 0.143. The first-order valence-electron chi connectivity index (χ1n) is 4.87. The molecular weight excluding hydrogens is 335 g/mol. The van der Waals surface area contributed by atoms with E-state index in [1.165, 1.54) is 0 Å². The van der Waals surface area contributed by atoms with Gasteiger partial charge in [-0.1, -0.05) is 12.1 Å². The van der Waals surface area contributed by atoms with Gasteiger partial charge in [-0.25, -0.2) is 0 Å². The van der Waals surface area contributed by atoms with Gasteiger partial charge in [-0.2, -0.15) is 36.4 Å². The van der Waals surface area contributed by atoms with Crippen molar-refractivity contribution in [1.82, 2.24) is 0 Å². The van der Waals surface area contributed by atoms with Crippen LogP contribution in [0.15, 0.2) is 48.5 Å². The van der Waals surface area contributed by atoms with Gasteiger partial charge in [0.25, 0.3) is 0 Å². The van der Waals surface area contributed by atoms with Crippen LogP contribution in [0, 0.1) is 60.3 Å². The number of aryl methyl sites for hydroxylation is 2. The van der Waals surface area contributed by atoms with E-state index in [4.69, 9.17) is 5.11 Å². The molecule has 0 unspecified atom stereocenters. The van der Waals surface area contributed by atoms with Crippen molar-refractivity contribution in [2.24, 2.45) is 0 Å². The monoisotopic (exact) mass is 351 g/mol. The molecular formula is C14H15OSm-. The van der Waals surface area contributed by atoms with Gasteiger partial charge < -0.3 is 5.11 Å². The summed E-state index contributed by atoms with van der Waals surface area (Å²) in [6, 6.07) is 18.1. The maximum absolute atomic E-state index is 9.10. The minimum atomic E-state index is 0. The third-order valence-corrected chi connectivity index (χ3v) is 1.97. The quantitative estimate of drug-likeness (QED) is 0.722. The average molecular weight is 350 g/mol. The largest absolute Gasteiger partial charge is 0.508 e. The van der Waals surface area contributed by atoms with Gasteiger partial charge in [-0.05, 0) is 31.0 Å². The van der Waals surface area contributed by atoms with E-state index in [1.807, 2.05) is 56.3 Å². The van der Waals surface area contributed by atoms with Gasteiger partial charge >= 0.3 is 0 Å². The van der Waals surface area contributed by atoms with Gasteiger partial charge in [0.15, 0.2) is 0 Å². The maximum atomic E-state index is 9.10. The number of phenolic OH excluding ortho intramolecular Hbond substituents is 1. The van der Waals surface area contributed by atoms with E-state index < -0.39 is 0 Å². The first-order chi connectivity index (χ1) is 7.20. The van der Waals surface area contributed by atoms with Crippen molar-refractivity contribution in [3.05, 3.63) is 65.7 Å². The molecule has 0 heterocycles. The third-order valence-electron chi connectivity index (χ3n) is 1.97. The van der Waals surface area contributed by atoms with Crippen LogP contribution in [0.3, 0.4) is 0 Å². The second kappa shape index (κ2) is 8.70. The summed E-state index contributed by atoms with van der Waals surface area (Å²) < 4.78 is 0. The van der Waals surface area contributed by atoms with Crippen LogP contribution in [0.25, 0.3) is 0 Å². The molecule has 0 bridgehead atoms. The first kappa shape index (κ1) is 15.6. The molecule has 0 aliphatic heterocycles. The van der Waals surface area contributed by atoms with Crippen LogP contribution in [-0.2, 0) is 0 Å². The van der Waals surface area contributed by atoms with Gasteiger partial charge in [0.2, 0.25) is 0 Å². The number of hydrogen-bond donors (Lipinski definition) is 1. The summed E-state index contributed by atoms with van der Waals surface area (Å²) in [4.78, 5) is 0. The van der Waals surface area contributed by atoms with Gasteiger partial charge in [-0.15, -0.1) is 0 Å². The molecule has 2 aromatic rings. The third kappa shape index (κ3) is 6.22. The molecule has 0 spiro atoms. The number of phenols is 1. The standard InChI is InChI=1S/C8H10O.C6H5.Sm/c1-6-3-4-7(2)8(9)5-6;1-2-4-6-5-3-1;/h3-5,9H,1-2H3;1-5H;/q;-1;. The second-order valence-electron chi connectivity index (χ2n) is 3.37. The Morgan fingerprint density at radius 1 is 1.00 bits per heavy atom. The molecule has 2 rings (SSSR count). The molecule has 1 N–H and O–H groups in total. The Bertz CT molecular complexity index is 372. The number of aromatic hydroxyl groups is 1. The minimum Gasteiger partial charge on any atom is -0.508 e. The molecule has 1 nitrogen and oxygen atoms in total. The Morgan fingerprint density at radius 3 is 1.94 bits per heavy atom. The van der Waals surface area contributed by atoms with Gasteiger partial charge in [0, 0.05) is 40.4 Å². The fourth-order valence-electron chi connectivity index (χ4n) is 1.06. The molecule has 0 saturated heterocycles. The topological polar surface area (TPSA) is 20.2 Å². The van der Waals surface area contributed by atoms with Crippen molar-refractivity contribution in [2.45, 2.75) is 13.8 Å². The molecule has 16 heavy (non-hydrogen) atoms. The van der Waals surface area contributed by atoms with Crippen molar-refractivity contribution in [3.8, 4) is 5.75 Å². The Hall–Kier alpha value is -0.422. The molecule has 0 saturated carbocycles. The summed E-state index contributed by atoms with van der Waals surface area (Å²) in [5.41, 5.74) is 2.03. The van der Waals surface area contributed by atoms with Crippen LogP contribution in [0.2, 0.25) is 0 Å². The Labute approximate surface area is 130 Å². The molecule has 0 atom stereocenters. The van der Waals surface area contributed by atoms with E-state index in [1.54, 1.807) is 6.07 Å². The maximum Gasteiger partial charge on any atom is 0.118 e. The van der Waals surface area contributed by atoms with E-state index in [-0.39, 0.29) is 40.4 Å². The van der Waals surface area contributed by atoms with Crippen molar-refractivity contribution >= 4 is 0 Å². The van der Waals surface area contributed by atoms with Crippen molar-refractivity contribution in [3.63, 3.8) is 0 Å². The number of rotatable bonds is 0. The summed E-state index contributed by atoms with van der Waals surface area (Å²) in [5.74, 6) is 0.384. The molecule has 0 aliphatic rings. The van der Waals surface area contributed by atoms with E-state index in [0.29, 0.717) is 5.75 Å².